The van der Waals surface area contributed by atoms with E-state index in [1.54, 1.807) is 6.07 Å². The van der Waals surface area contributed by atoms with Gasteiger partial charge >= 0.3 is 0 Å². The molecule has 2 aromatic carbocycles. The van der Waals surface area contributed by atoms with E-state index in [0.29, 0.717) is 11.6 Å². The first-order valence-corrected chi connectivity index (χ1v) is 7.33. The number of carbonyl (C=O) groups excluding carboxylic acids is 1. The van der Waals surface area contributed by atoms with Gasteiger partial charge in [0.25, 0.3) is 0 Å². The number of nitrogens with zero attached hydrogens (tertiary/aromatic N) is 1. The number of phenols is 1. The van der Waals surface area contributed by atoms with Crippen LogP contribution in [0.25, 0.3) is 11.1 Å². The predicted octanol–water partition coefficient (Wildman–Crippen LogP) is 3.38. The SMILES string of the molecule is CN1CCc2cccc3c2[C@@H]1Cc1ccc(C=O)c(O)c1-3.Cl. The Balaban J connectivity index is 0.00000144. The topological polar surface area (TPSA) is 40.5 Å². The molecule has 3 nitrogen and oxygen atoms in total. The molecule has 0 aromatic heterocycles. The van der Waals surface area contributed by atoms with E-state index in [1.165, 1.54) is 11.1 Å². The number of benzene rings is 2. The van der Waals surface area contributed by atoms with Crippen LogP contribution in [0, 0.1) is 0 Å². The van der Waals surface area contributed by atoms with Crippen LogP contribution in [0.15, 0.2) is 30.3 Å². The van der Waals surface area contributed by atoms with Gasteiger partial charge in [-0.25, -0.2) is 0 Å². The number of hydrogen-bond acceptors (Lipinski definition) is 3. The van der Waals surface area contributed by atoms with Crippen LogP contribution in [0.3, 0.4) is 0 Å². The molecule has 0 fully saturated rings. The summed E-state index contributed by atoms with van der Waals surface area (Å²) >= 11 is 0. The molecule has 0 amide bonds. The number of aromatic hydroxyl groups is 1. The molecule has 0 spiro atoms. The Morgan fingerprint density at radius 3 is 2.82 bits per heavy atom. The molecule has 1 heterocycles. The molecule has 0 radical (unpaired) electrons. The van der Waals surface area contributed by atoms with E-state index >= 15 is 0 Å². The fourth-order valence-corrected chi connectivity index (χ4v) is 3.80. The summed E-state index contributed by atoms with van der Waals surface area (Å²) in [6, 6.07) is 10.4. The number of hydrogen-bond donors (Lipinski definition) is 1. The molecule has 1 atom stereocenters. The van der Waals surface area contributed by atoms with Gasteiger partial charge in [0, 0.05) is 18.2 Å². The van der Waals surface area contributed by atoms with Crippen LogP contribution in [0.5, 0.6) is 5.75 Å². The zero-order valence-corrected chi connectivity index (χ0v) is 13.2. The monoisotopic (exact) mass is 315 g/mol. The smallest absolute Gasteiger partial charge is 0.153 e. The van der Waals surface area contributed by atoms with E-state index < -0.39 is 0 Å². The quantitative estimate of drug-likeness (QED) is 0.820. The third-order valence-electron chi connectivity index (χ3n) is 4.90. The summed E-state index contributed by atoms with van der Waals surface area (Å²) in [4.78, 5) is 13.5. The zero-order valence-electron chi connectivity index (χ0n) is 12.4. The van der Waals surface area contributed by atoms with Gasteiger partial charge in [-0.05, 0) is 48.2 Å². The Morgan fingerprint density at radius 2 is 2.05 bits per heavy atom. The van der Waals surface area contributed by atoms with E-state index in [9.17, 15) is 9.90 Å². The van der Waals surface area contributed by atoms with Crippen LogP contribution in [0.2, 0.25) is 0 Å². The number of fused-ring (bicyclic) bond motifs is 2. The number of phenolic OH excluding ortho intramolecular Hbond substituents is 1. The lowest BCUT2D eigenvalue weighted by molar-refractivity contribution is 0.112. The highest BCUT2D eigenvalue weighted by molar-refractivity contribution is 5.89. The van der Waals surface area contributed by atoms with Gasteiger partial charge in [-0.3, -0.25) is 9.69 Å². The van der Waals surface area contributed by atoms with Gasteiger partial charge in [0.15, 0.2) is 6.29 Å². The lowest BCUT2D eigenvalue weighted by Crippen LogP contribution is -2.35. The largest absolute Gasteiger partial charge is 0.507 e. The van der Waals surface area contributed by atoms with Crippen molar-refractivity contribution in [3.8, 4) is 16.9 Å². The first kappa shape index (κ1) is 15.1. The summed E-state index contributed by atoms with van der Waals surface area (Å²) < 4.78 is 0. The zero-order chi connectivity index (χ0) is 14.6. The van der Waals surface area contributed by atoms with Crippen molar-refractivity contribution in [3.63, 3.8) is 0 Å². The Morgan fingerprint density at radius 1 is 1.23 bits per heavy atom. The fraction of sp³-hybridized carbons (Fsp3) is 0.278. The molecule has 0 saturated heterocycles. The molecular formula is C18H18ClNO2. The Bertz CT molecular complexity index is 757. The van der Waals surface area contributed by atoms with E-state index in [0.717, 1.165) is 42.4 Å². The molecule has 1 N–H and O–H groups in total. The molecule has 1 aliphatic heterocycles. The van der Waals surface area contributed by atoms with E-state index in [-0.39, 0.29) is 18.2 Å². The van der Waals surface area contributed by atoms with E-state index in [4.69, 9.17) is 0 Å². The molecule has 22 heavy (non-hydrogen) atoms. The maximum Gasteiger partial charge on any atom is 0.153 e. The van der Waals surface area contributed by atoms with Crippen LogP contribution in [-0.2, 0) is 12.8 Å². The molecule has 4 heteroatoms. The van der Waals surface area contributed by atoms with Gasteiger partial charge in [0.05, 0.1) is 5.56 Å². The molecule has 0 unspecified atom stereocenters. The summed E-state index contributed by atoms with van der Waals surface area (Å²) in [5.41, 5.74) is 6.14. The van der Waals surface area contributed by atoms with Crippen molar-refractivity contribution in [1.29, 1.82) is 0 Å². The fourth-order valence-electron chi connectivity index (χ4n) is 3.80. The first-order valence-electron chi connectivity index (χ1n) is 7.33. The maximum absolute atomic E-state index is 11.1. The molecule has 114 valence electrons. The minimum atomic E-state index is 0. The number of halogens is 1. The van der Waals surface area contributed by atoms with Crippen LogP contribution < -0.4 is 0 Å². The number of likely N-dealkylation sites (N-methyl/N-ethyl adjacent to an activating group) is 1. The number of carbonyl (C=O) groups is 1. The highest BCUT2D eigenvalue weighted by atomic mass is 35.5. The second kappa shape index (κ2) is 5.41. The summed E-state index contributed by atoms with van der Waals surface area (Å²) in [5, 5.41) is 10.5. The standard InChI is InChI=1S/C18H17NO2.ClH/c1-19-8-7-11-3-2-4-14-16(11)15(19)9-12-5-6-13(10-20)18(21)17(12)14;/h2-6,10,15,21H,7-9H2,1H3;1H/t15-;/m0./s1. The van der Waals surface area contributed by atoms with Crippen LogP contribution >= 0.6 is 12.4 Å². The minimum absolute atomic E-state index is 0. The highest BCUT2D eigenvalue weighted by Gasteiger charge is 2.33. The Kier molecular flexibility index (Phi) is 3.71. The minimum Gasteiger partial charge on any atom is -0.507 e. The third kappa shape index (κ3) is 1.97. The van der Waals surface area contributed by atoms with Crippen molar-refractivity contribution in [2.75, 3.05) is 13.6 Å². The summed E-state index contributed by atoms with van der Waals surface area (Å²) in [6.45, 7) is 1.06. The lowest BCUT2D eigenvalue weighted by Gasteiger charge is -2.39. The van der Waals surface area contributed by atoms with Crippen molar-refractivity contribution in [2.45, 2.75) is 18.9 Å². The average molecular weight is 316 g/mol. The van der Waals surface area contributed by atoms with Gasteiger partial charge in [0.1, 0.15) is 5.75 Å². The molecule has 4 rings (SSSR count). The normalized spacial score (nSPS) is 18.9. The van der Waals surface area contributed by atoms with E-state index in [2.05, 4.69) is 30.1 Å². The van der Waals surface area contributed by atoms with Gasteiger partial charge in [-0.15, -0.1) is 12.4 Å². The highest BCUT2D eigenvalue weighted by Crippen LogP contribution is 2.48. The van der Waals surface area contributed by atoms with Crippen LogP contribution in [0.1, 0.15) is 33.1 Å². The van der Waals surface area contributed by atoms with Gasteiger partial charge in [-0.2, -0.15) is 0 Å². The van der Waals surface area contributed by atoms with Gasteiger partial charge in [-0.1, -0.05) is 24.3 Å². The van der Waals surface area contributed by atoms with Gasteiger partial charge < -0.3 is 5.11 Å². The summed E-state index contributed by atoms with van der Waals surface area (Å²) in [6.07, 6.45) is 2.66. The summed E-state index contributed by atoms with van der Waals surface area (Å²) in [5.74, 6) is 0.127. The number of aldehydes is 1. The predicted molar refractivity (Wildman–Crippen MR) is 89.0 cm³/mol. The molecular weight excluding hydrogens is 298 g/mol. The molecule has 1 aliphatic carbocycles. The first-order chi connectivity index (χ1) is 10.2. The third-order valence-corrected chi connectivity index (χ3v) is 4.90. The van der Waals surface area contributed by atoms with Crippen molar-refractivity contribution < 1.29 is 9.90 Å². The van der Waals surface area contributed by atoms with Crippen molar-refractivity contribution in [2.24, 2.45) is 0 Å². The van der Waals surface area contributed by atoms with Crippen molar-refractivity contribution in [1.82, 2.24) is 4.90 Å². The second-order valence-corrected chi connectivity index (χ2v) is 5.98. The maximum atomic E-state index is 11.1. The molecule has 0 saturated carbocycles. The Labute approximate surface area is 136 Å². The van der Waals surface area contributed by atoms with Crippen LogP contribution in [0.4, 0.5) is 0 Å². The average Bonchev–Trinajstić information content (AvgIpc) is 2.51. The lowest BCUT2D eigenvalue weighted by atomic mass is 9.76. The van der Waals surface area contributed by atoms with E-state index in [1.807, 2.05) is 6.07 Å². The van der Waals surface area contributed by atoms with Gasteiger partial charge in [0.2, 0.25) is 0 Å². The van der Waals surface area contributed by atoms with Crippen LogP contribution in [-0.4, -0.2) is 29.9 Å². The molecule has 2 aliphatic rings. The molecule has 0 bridgehead atoms. The van der Waals surface area contributed by atoms with Crippen molar-refractivity contribution >= 4 is 18.7 Å². The number of rotatable bonds is 1. The molecule has 2 aromatic rings. The van der Waals surface area contributed by atoms with Crippen molar-refractivity contribution in [3.05, 3.63) is 52.6 Å². The Hall–Kier alpha value is -1.84. The summed E-state index contributed by atoms with van der Waals surface area (Å²) in [7, 11) is 2.16. The second-order valence-electron chi connectivity index (χ2n) is 5.98.